The Balaban J connectivity index is 1.41. The van der Waals surface area contributed by atoms with Gasteiger partial charge in [0.15, 0.2) is 11.5 Å². The number of carbonyl (C=O) groups excluding carboxylic acids is 1. The Kier molecular flexibility index (Phi) is 7.36. The summed E-state index contributed by atoms with van der Waals surface area (Å²) < 4.78 is 10.5. The first-order valence-corrected chi connectivity index (χ1v) is 10.1. The molecule has 2 aromatic rings. The highest BCUT2D eigenvalue weighted by Gasteiger charge is 2.20. The maximum Gasteiger partial charge on any atom is 0.319 e. The van der Waals surface area contributed by atoms with Crippen molar-refractivity contribution in [3.63, 3.8) is 0 Å². The van der Waals surface area contributed by atoms with Gasteiger partial charge in [0.05, 0.1) is 14.2 Å². The maximum absolute atomic E-state index is 12.2. The number of hydrogen-bond acceptors (Lipinski definition) is 4. The highest BCUT2D eigenvalue weighted by atomic mass is 16.5. The van der Waals surface area contributed by atoms with Gasteiger partial charge in [0, 0.05) is 24.8 Å². The van der Waals surface area contributed by atoms with Crippen LogP contribution in [0.2, 0.25) is 0 Å². The molecule has 1 aliphatic heterocycles. The molecule has 0 radical (unpaired) electrons. The minimum Gasteiger partial charge on any atom is -0.493 e. The molecule has 6 nitrogen and oxygen atoms in total. The number of methoxy groups -OCH3 is 2. The van der Waals surface area contributed by atoms with Crippen molar-refractivity contribution in [1.29, 1.82) is 0 Å². The SMILES string of the molecule is COc1ccc(NC(=O)NCC2CCN(Cc3ccccc3C)CC2)cc1OC. The van der Waals surface area contributed by atoms with E-state index in [0.717, 1.165) is 32.5 Å². The molecular weight excluding hydrogens is 366 g/mol. The van der Waals surface area contributed by atoms with E-state index in [2.05, 4.69) is 46.7 Å². The number of hydrogen-bond donors (Lipinski definition) is 2. The van der Waals surface area contributed by atoms with Crippen LogP contribution in [0.5, 0.6) is 11.5 Å². The summed E-state index contributed by atoms with van der Waals surface area (Å²) in [5.41, 5.74) is 3.43. The van der Waals surface area contributed by atoms with Crippen molar-refractivity contribution >= 4 is 11.7 Å². The van der Waals surface area contributed by atoms with Crippen LogP contribution in [0.4, 0.5) is 10.5 Å². The molecule has 1 heterocycles. The zero-order chi connectivity index (χ0) is 20.6. The van der Waals surface area contributed by atoms with E-state index in [-0.39, 0.29) is 6.03 Å². The van der Waals surface area contributed by atoms with Crippen LogP contribution >= 0.6 is 0 Å². The van der Waals surface area contributed by atoms with Crippen LogP contribution in [0.25, 0.3) is 0 Å². The second-order valence-electron chi connectivity index (χ2n) is 7.55. The third-order valence-electron chi connectivity index (χ3n) is 5.56. The van der Waals surface area contributed by atoms with Crippen molar-refractivity contribution in [2.45, 2.75) is 26.3 Å². The number of nitrogens with zero attached hydrogens (tertiary/aromatic N) is 1. The summed E-state index contributed by atoms with van der Waals surface area (Å²) in [5, 5.41) is 5.86. The van der Waals surface area contributed by atoms with Crippen LogP contribution in [0.1, 0.15) is 24.0 Å². The number of rotatable bonds is 7. The van der Waals surface area contributed by atoms with Gasteiger partial charge in [-0.15, -0.1) is 0 Å². The normalized spacial score (nSPS) is 15.0. The Morgan fingerprint density at radius 3 is 2.48 bits per heavy atom. The van der Waals surface area contributed by atoms with Gasteiger partial charge in [-0.2, -0.15) is 0 Å². The quantitative estimate of drug-likeness (QED) is 0.740. The summed E-state index contributed by atoms with van der Waals surface area (Å²) in [6.45, 7) is 6.00. The molecule has 0 unspecified atom stereocenters. The highest BCUT2D eigenvalue weighted by Crippen LogP contribution is 2.29. The summed E-state index contributed by atoms with van der Waals surface area (Å²) >= 11 is 0. The molecule has 1 saturated heterocycles. The molecule has 29 heavy (non-hydrogen) atoms. The first-order chi connectivity index (χ1) is 14.1. The Bertz CT molecular complexity index is 817. The molecule has 2 N–H and O–H groups in total. The van der Waals surface area contributed by atoms with Crippen molar-refractivity contribution in [2.24, 2.45) is 5.92 Å². The molecule has 1 aliphatic rings. The molecule has 0 aliphatic carbocycles. The number of ether oxygens (including phenoxy) is 2. The van der Waals surface area contributed by atoms with Gasteiger partial charge in [0.1, 0.15) is 0 Å². The summed E-state index contributed by atoms with van der Waals surface area (Å²) in [4.78, 5) is 14.8. The third-order valence-corrected chi connectivity index (χ3v) is 5.56. The smallest absolute Gasteiger partial charge is 0.319 e. The maximum atomic E-state index is 12.2. The van der Waals surface area contributed by atoms with Crippen molar-refractivity contribution in [3.8, 4) is 11.5 Å². The van der Waals surface area contributed by atoms with Crippen molar-refractivity contribution in [1.82, 2.24) is 10.2 Å². The lowest BCUT2D eigenvalue weighted by molar-refractivity contribution is 0.175. The molecule has 0 bridgehead atoms. The van der Waals surface area contributed by atoms with Crippen LogP contribution in [0.3, 0.4) is 0 Å². The minimum atomic E-state index is -0.195. The Labute approximate surface area is 173 Å². The zero-order valence-corrected chi connectivity index (χ0v) is 17.5. The Hall–Kier alpha value is -2.73. The van der Waals surface area contributed by atoms with Gasteiger partial charge in [-0.25, -0.2) is 4.79 Å². The molecule has 2 amide bonds. The second kappa shape index (κ2) is 10.2. The fraction of sp³-hybridized carbons (Fsp3) is 0.435. The van der Waals surface area contributed by atoms with Gasteiger partial charge in [-0.3, -0.25) is 4.90 Å². The van der Waals surface area contributed by atoms with Crippen LogP contribution in [0, 0.1) is 12.8 Å². The fourth-order valence-electron chi connectivity index (χ4n) is 3.70. The molecule has 2 aromatic carbocycles. The molecule has 0 spiro atoms. The van der Waals surface area contributed by atoms with E-state index in [1.807, 2.05) is 0 Å². The van der Waals surface area contributed by atoms with E-state index < -0.39 is 0 Å². The highest BCUT2D eigenvalue weighted by molar-refractivity contribution is 5.89. The van der Waals surface area contributed by atoms with Crippen LogP contribution in [-0.4, -0.2) is 44.8 Å². The van der Waals surface area contributed by atoms with Crippen molar-refractivity contribution in [3.05, 3.63) is 53.6 Å². The van der Waals surface area contributed by atoms with E-state index in [4.69, 9.17) is 9.47 Å². The molecule has 3 rings (SSSR count). The minimum absolute atomic E-state index is 0.195. The summed E-state index contributed by atoms with van der Waals surface area (Å²) in [7, 11) is 3.16. The molecule has 156 valence electrons. The fourth-order valence-corrected chi connectivity index (χ4v) is 3.70. The number of likely N-dealkylation sites (tertiary alicyclic amines) is 1. The number of anilines is 1. The van der Waals surface area contributed by atoms with Gasteiger partial charge in [0.2, 0.25) is 0 Å². The predicted octanol–water partition coefficient (Wildman–Crippen LogP) is 4.05. The van der Waals surface area contributed by atoms with Crippen LogP contribution in [0.15, 0.2) is 42.5 Å². The average Bonchev–Trinajstić information content (AvgIpc) is 2.74. The number of amides is 2. The topological polar surface area (TPSA) is 62.8 Å². The molecule has 0 saturated carbocycles. The largest absolute Gasteiger partial charge is 0.493 e. The van der Waals surface area contributed by atoms with E-state index >= 15 is 0 Å². The molecule has 0 atom stereocenters. The molecule has 1 fully saturated rings. The van der Waals surface area contributed by atoms with Crippen LogP contribution < -0.4 is 20.1 Å². The van der Waals surface area contributed by atoms with E-state index in [9.17, 15) is 4.79 Å². The predicted molar refractivity (Wildman–Crippen MR) is 116 cm³/mol. The number of nitrogens with one attached hydrogen (secondary N) is 2. The Morgan fingerprint density at radius 1 is 1.07 bits per heavy atom. The summed E-state index contributed by atoms with van der Waals surface area (Å²) in [5.74, 6) is 1.74. The molecule has 6 heteroatoms. The van der Waals surface area contributed by atoms with Crippen LogP contribution in [-0.2, 0) is 6.54 Å². The first-order valence-electron chi connectivity index (χ1n) is 10.1. The van der Waals surface area contributed by atoms with E-state index in [1.54, 1.807) is 32.4 Å². The standard InChI is InChI=1S/C23H31N3O3/c1-17-6-4-5-7-19(17)16-26-12-10-18(11-13-26)15-24-23(27)25-20-8-9-21(28-2)22(14-20)29-3/h4-9,14,18H,10-13,15-16H2,1-3H3,(H2,24,25,27). The first kappa shape index (κ1) is 21.0. The van der Waals surface area contributed by atoms with Gasteiger partial charge < -0.3 is 20.1 Å². The Morgan fingerprint density at radius 2 is 1.79 bits per heavy atom. The van der Waals surface area contributed by atoms with Gasteiger partial charge in [0.25, 0.3) is 0 Å². The third kappa shape index (κ3) is 5.87. The van der Waals surface area contributed by atoms with E-state index in [0.29, 0.717) is 29.6 Å². The second-order valence-corrected chi connectivity index (χ2v) is 7.55. The number of piperidine rings is 1. The monoisotopic (exact) mass is 397 g/mol. The molecule has 0 aromatic heterocycles. The lowest BCUT2D eigenvalue weighted by Crippen LogP contribution is -2.39. The van der Waals surface area contributed by atoms with Gasteiger partial charge in [-0.1, -0.05) is 24.3 Å². The number of benzene rings is 2. The van der Waals surface area contributed by atoms with Crippen molar-refractivity contribution < 1.29 is 14.3 Å². The zero-order valence-electron chi connectivity index (χ0n) is 17.5. The van der Waals surface area contributed by atoms with Gasteiger partial charge in [-0.05, 0) is 62.0 Å². The number of aryl methyl sites for hydroxylation is 1. The summed E-state index contributed by atoms with van der Waals surface area (Å²) in [6.07, 6.45) is 2.20. The average molecular weight is 398 g/mol. The van der Waals surface area contributed by atoms with E-state index in [1.165, 1.54) is 11.1 Å². The summed E-state index contributed by atoms with van der Waals surface area (Å²) in [6, 6.07) is 13.7. The number of carbonyl (C=O) groups is 1. The lowest BCUT2D eigenvalue weighted by atomic mass is 9.96. The molecular formula is C23H31N3O3. The number of urea groups is 1. The lowest BCUT2D eigenvalue weighted by Gasteiger charge is -2.32. The van der Waals surface area contributed by atoms with Gasteiger partial charge >= 0.3 is 6.03 Å². The van der Waals surface area contributed by atoms with Crippen molar-refractivity contribution in [2.75, 3.05) is 39.2 Å².